The first-order chi connectivity index (χ1) is 6.02. The molecular formula is C13H24. The Hall–Kier alpha value is -0.440. The Bertz CT molecular complexity index is 162. The zero-order valence-electron chi connectivity index (χ0n) is 9.91. The van der Waals surface area contributed by atoms with E-state index in [0.29, 0.717) is 5.41 Å². The number of hydrogen-bond acceptors (Lipinski definition) is 0. The van der Waals surface area contributed by atoms with Gasteiger partial charge >= 0.3 is 0 Å². The molecule has 1 fully saturated rings. The van der Waals surface area contributed by atoms with Crippen molar-refractivity contribution >= 4 is 0 Å². The monoisotopic (exact) mass is 180 g/mol. The van der Waals surface area contributed by atoms with Crippen molar-refractivity contribution in [2.75, 3.05) is 0 Å². The van der Waals surface area contributed by atoms with Gasteiger partial charge in [0.1, 0.15) is 0 Å². The van der Waals surface area contributed by atoms with E-state index in [1.807, 2.05) is 13.8 Å². The normalized spacial score (nSPS) is 20.7. The quantitative estimate of drug-likeness (QED) is 0.489. The third kappa shape index (κ3) is 6.70. The maximum absolute atomic E-state index is 2.68. The van der Waals surface area contributed by atoms with Gasteiger partial charge in [-0.1, -0.05) is 33.6 Å². The molecule has 0 spiro atoms. The van der Waals surface area contributed by atoms with E-state index in [9.17, 15) is 0 Å². The summed E-state index contributed by atoms with van der Waals surface area (Å²) in [5.74, 6) is 6.36. The highest BCUT2D eigenvalue weighted by molar-refractivity contribution is 4.89. The fourth-order valence-corrected chi connectivity index (χ4v) is 1.54. The van der Waals surface area contributed by atoms with Gasteiger partial charge < -0.3 is 0 Å². The summed E-state index contributed by atoms with van der Waals surface area (Å²) < 4.78 is 0. The van der Waals surface area contributed by atoms with Crippen LogP contribution in [0.15, 0.2) is 0 Å². The molecule has 76 valence electrons. The van der Waals surface area contributed by atoms with Crippen molar-refractivity contribution in [1.82, 2.24) is 0 Å². The second-order valence-electron chi connectivity index (χ2n) is 4.85. The van der Waals surface area contributed by atoms with Gasteiger partial charge in [-0.15, -0.1) is 11.8 Å². The van der Waals surface area contributed by atoms with Gasteiger partial charge in [0, 0.05) is 0 Å². The smallest absolute Gasteiger partial charge is 0.00271 e. The highest BCUT2D eigenvalue weighted by atomic mass is 14.3. The second kappa shape index (κ2) is 6.08. The van der Waals surface area contributed by atoms with Gasteiger partial charge in [0.2, 0.25) is 0 Å². The van der Waals surface area contributed by atoms with Gasteiger partial charge in [0.25, 0.3) is 0 Å². The summed E-state index contributed by atoms with van der Waals surface area (Å²) in [5.41, 5.74) is 0.659. The average molecular weight is 180 g/mol. The summed E-state index contributed by atoms with van der Waals surface area (Å²) in [5, 5.41) is 0. The van der Waals surface area contributed by atoms with Crippen LogP contribution in [0.5, 0.6) is 0 Å². The van der Waals surface area contributed by atoms with Crippen molar-refractivity contribution in [2.45, 2.75) is 60.3 Å². The molecule has 1 aliphatic rings. The lowest BCUT2D eigenvalue weighted by molar-refractivity contribution is 0.201. The minimum absolute atomic E-state index is 0.659. The van der Waals surface area contributed by atoms with Gasteiger partial charge in [-0.2, -0.15) is 0 Å². The zero-order chi connectivity index (χ0) is 10.3. The SMILES string of the molecule is CC#CC.CC1CCC(C)(C)CC1. The third-order valence-corrected chi connectivity index (χ3v) is 2.88. The van der Waals surface area contributed by atoms with E-state index >= 15 is 0 Å². The van der Waals surface area contributed by atoms with Crippen molar-refractivity contribution < 1.29 is 0 Å². The molecule has 0 atom stereocenters. The van der Waals surface area contributed by atoms with Crippen molar-refractivity contribution in [3.05, 3.63) is 0 Å². The van der Waals surface area contributed by atoms with Crippen LogP contribution in [0.25, 0.3) is 0 Å². The largest absolute Gasteiger partial charge is 0.107 e. The summed E-state index contributed by atoms with van der Waals surface area (Å²) >= 11 is 0. The first kappa shape index (κ1) is 12.6. The first-order valence-corrected chi connectivity index (χ1v) is 5.35. The minimum atomic E-state index is 0.659. The van der Waals surface area contributed by atoms with Crippen LogP contribution in [-0.4, -0.2) is 0 Å². The summed E-state index contributed by atoms with van der Waals surface area (Å²) in [7, 11) is 0. The Kier molecular flexibility index (Phi) is 5.88. The van der Waals surface area contributed by atoms with Crippen LogP contribution in [0, 0.1) is 23.2 Å². The van der Waals surface area contributed by atoms with Crippen molar-refractivity contribution in [3.63, 3.8) is 0 Å². The van der Waals surface area contributed by atoms with E-state index in [1.165, 1.54) is 25.7 Å². The van der Waals surface area contributed by atoms with Crippen LogP contribution in [0.4, 0.5) is 0 Å². The topological polar surface area (TPSA) is 0 Å². The van der Waals surface area contributed by atoms with E-state index in [2.05, 4.69) is 32.6 Å². The Morgan fingerprint density at radius 2 is 1.38 bits per heavy atom. The average Bonchev–Trinajstić information content (AvgIpc) is 2.11. The molecule has 13 heavy (non-hydrogen) atoms. The van der Waals surface area contributed by atoms with Crippen molar-refractivity contribution in [1.29, 1.82) is 0 Å². The molecule has 1 rings (SSSR count). The van der Waals surface area contributed by atoms with Crippen LogP contribution in [0.1, 0.15) is 60.3 Å². The van der Waals surface area contributed by atoms with Crippen LogP contribution in [0.2, 0.25) is 0 Å². The highest BCUT2D eigenvalue weighted by Gasteiger charge is 2.23. The Morgan fingerprint density at radius 1 is 1.00 bits per heavy atom. The van der Waals surface area contributed by atoms with Gasteiger partial charge in [-0.25, -0.2) is 0 Å². The summed E-state index contributed by atoms with van der Waals surface area (Å²) in [6.45, 7) is 10.8. The minimum Gasteiger partial charge on any atom is -0.107 e. The number of hydrogen-bond donors (Lipinski definition) is 0. The van der Waals surface area contributed by atoms with Crippen LogP contribution < -0.4 is 0 Å². The fourth-order valence-electron chi connectivity index (χ4n) is 1.54. The molecule has 0 aromatic carbocycles. The molecule has 1 aliphatic carbocycles. The summed E-state index contributed by atoms with van der Waals surface area (Å²) in [6.07, 6.45) is 5.78. The van der Waals surface area contributed by atoms with Gasteiger partial charge in [-0.05, 0) is 38.0 Å². The zero-order valence-corrected chi connectivity index (χ0v) is 9.91. The van der Waals surface area contributed by atoms with Crippen molar-refractivity contribution in [3.8, 4) is 11.8 Å². The van der Waals surface area contributed by atoms with Crippen LogP contribution >= 0.6 is 0 Å². The summed E-state index contributed by atoms with van der Waals surface area (Å²) in [4.78, 5) is 0. The predicted octanol–water partition coefficient (Wildman–Crippen LogP) is 4.25. The molecule has 0 N–H and O–H groups in total. The molecule has 0 unspecified atom stereocenters. The van der Waals surface area contributed by atoms with E-state index in [4.69, 9.17) is 0 Å². The molecule has 0 heteroatoms. The molecule has 0 aliphatic heterocycles. The van der Waals surface area contributed by atoms with E-state index in [1.54, 1.807) is 0 Å². The van der Waals surface area contributed by atoms with Crippen LogP contribution in [0.3, 0.4) is 0 Å². The lowest BCUT2D eigenvalue weighted by atomic mass is 9.74. The fraction of sp³-hybridized carbons (Fsp3) is 0.846. The van der Waals surface area contributed by atoms with E-state index in [0.717, 1.165) is 5.92 Å². The third-order valence-electron chi connectivity index (χ3n) is 2.88. The molecule has 0 heterocycles. The number of rotatable bonds is 0. The maximum Gasteiger partial charge on any atom is -0.00271 e. The summed E-state index contributed by atoms with van der Waals surface area (Å²) in [6, 6.07) is 0. The lowest BCUT2D eigenvalue weighted by Gasteiger charge is -2.32. The van der Waals surface area contributed by atoms with Crippen molar-refractivity contribution in [2.24, 2.45) is 11.3 Å². The molecule has 0 aromatic heterocycles. The molecular weight excluding hydrogens is 156 g/mol. The Balaban J connectivity index is 0.000000310. The predicted molar refractivity (Wildman–Crippen MR) is 60.5 cm³/mol. The molecule has 0 saturated heterocycles. The highest BCUT2D eigenvalue weighted by Crippen LogP contribution is 2.37. The van der Waals surface area contributed by atoms with Gasteiger partial charge in [-0.3, -0.25) is 0 Å². The molecule has 1 saturated carbocycles. The second-order valence-corrected chi connectivity index (χ2v) is 4.85. The lowest BCUT2D eigenvalue weighted by Crippen LogP contribution is -2.19. The maximum atomic E-state index is 2.68. The molecule has 0 nitrogen and oxygen atoms in total. The van der Waals surface area contributed by atoms with Gasteiger partial charge in [0.15, 0.2) is 0 Å². The Morgan fingerprint density at radius 3 is 1.62 bits per heavy atom. The standard InChI is InChI=1S/C9H18.C4H6/c1-8-4-6-9(2,3)7-5-8;1-3-4-2/h8H,4-7H2,1-3H3;1-2H3. The Labute approximate surface area is 84.1 Å². The molecule has 0 aromatic rings. The van der Waals surface area contributed by atoms with E-state index < -0.39 is 0 Å². The van der Waals surface area contributed by atoms with Gasteiger partial charge in [0.05, 0.1) is 0 Å². The van der Waals surface area contributed by atoms with E-state index in [-0.39, 0.29) is 0 Å². The molecule has 0 bridgehead atoms. The van der Waals surface area contributed by atoms with Crippen LogP contribution in [-0.2, 0) is 0 Å². The molecule has 0 radical (unpaired) electrons. The molecule has 0 amide bonds. The first-order valence-electron chi connectivity index (χ1n) is 5.35.